The summed E-state index contributed by atoms with van der Waals surface area (Å²) in [7, 11) is 4.68. The maximum atomic E-state index is 12.0. The van der Waals surface area contributed by atoms with E-state index in [4.69, 9.17) is 9.57 Å². The monoisotopic (exact) mass is 366 g/mol. The van der Waals surface area contributed by atoms with Crippen molar-refractivity contribution in [2.45, 2.75) is 6.54 Å². The molecule has 0 aliphatic rings. The quantitative estimate of drug-likeness (QED) is 0.627. The van der Waals surface area contributed by atoms with E-state index in [1.54, 1.807) is 32.5 Å². The normalized spacial score (nSPS) is 10.5. The smallest absolute Gasteiger partial charge is 0.277 e. The number of anilines is 1. The lowest BCUT2D eigenvalue weighted by Crippen LogP contribution is -2.25. The Morgan fingerprint density at radius 2 is 1.81 bits per heavy atom. The molecule has 0 atom stereocenters. The fourth-order valence-corrected chi connectivity index (χ4v) is 2.65. The van der Waals surface area contributed by atoms with E-state index < -0.39 is 0 Å². The molecule has 0 bridgehead atoms. The maximum absolute atomic E-state index is 12.0. The molecule has 0 aliphatic carbocycles. The Bertz CT molecular complexity index is 888. The fourth-order valence-electron chi connectivity index (χ4n) is 2.65. The number of hydroxylamine groups is 2. The zero-order valence-electron chi connectivity index (χ0n) is 15.5. The van der Waals surface area contributed by atoms with Crippen LogP contribution in [-0.2, 0) is 11.4 Å². The van der Waals surface area contributed by atoms with Gasteiger partial charge in [-0.15, -0.1) is 0 Å². The van der Waals surface area contributed by atoms with Crippen molar-refractivity contribution < 1.29 is 14.4 Å². The van der Waals surface area contributed by atoms with Gasteiger partial charge in [0.2, 0.25) is 0 Å². The van der Waals surface area contributed by atoms with Gasteiger partial charge in [-0.3, -0.25) is 14.7 Å². The van der Waals surface area contributed by atoms with Gasteiger partial charge >= 0.3 is 0 Å². The van der Waals surface area contributed by atoms with Crippen LogP contribution in [0.5, 0.6) is 5.75 Å². The Hall–Kier alpha value is -3.32. The Labute approximate surface area is 157 Å². The van der Waals surface area contributed by atoms with Gasteiger partial charge in [0.05, 0.1) is 26.1 Å². The first-order valence-electron chi connectivity index (χ1n) is 8.45. The lowest BCUT2D eigenvalue weighted by molar-refractivity contribution is -0.0756. The molecule has 27 heavy (non-hydrogen) atoms. The van der Waals surface area contributed by atoms with Gasteiger partial charge in [0.15, 0.2) is 0 Å². The van der Waals surface area contributed by atoms with Gasteiger partial charge in [-0.1, -0.05) is 0 Å². The Morgan fingerprint density at radius 3 is 2.44 bits per heavy atom. The summed E-state index contributed by atoms with van der Waals surface area (Å²) < 4.78 is 5.20. The van der Waals surface area contributed by atoms with E-state index in [1.165, 1.54) is 12.2 Å². The first kappa shape index (κ1) is 18.5. The summed E-state index contributed by atoms with van der Waals surface area (Å²) in [5.74, 6) is 0.618. The van der Waals surface area contributed by atoms with Gasteiger partial charge in [-0.2, -0.15) is 5.10 Å². The third kappa shape index (κ3) is 4.27. The summed E-state index contributed by atoms with van der Waals surface area (Å²) in [6, 6.07) is 15.1. The van der Waals surface area contributed by atoms with Gasteiger partial charge in [-0.05, 0) is 48.5 Å². The highest BCUT2D eigenvalue weighted by atomic mass is 16.7. The highest BCUT2D eigenvalue weighted by molar-refractivity contribution is 5.93. The highest BCUT2D eigenvalue weighted by Gasteiger charge is 2.11. The summed E-state index contributed by atoms with van der Waals surface area (Å²) in [5, 5.41) is 11.7. The first-order valence-corrected chi connectivity index (χ1v) is 8.45. The van der Waals surface area contributed by atoms with Crippen LogP contribution in [0.3, 0.4) is 0 Å². The van der Waals surface area contributed by atoms with Crippen molar-refractivity contribution in [2.75, 3.05) is 26.6 Å². The lowest BCUT2D eigenvalue weighted by Gasteiger charge is -2.14. The van der Waals surface area contributed by atoms with E-state index in [2.05, 4.69) is 15.5 Å². The molecule has 0 fully saturated rings. The molecular weight excluding hydrogens is 344 g/mol. The average Bonchev–Trinajstić information content (AvgIpc) is 3.20. The van der Waals surface area contributed by atoms with Crippen LogP contribution in [0.15, 0.2) is 54.7 Å². The number of H-pyrrole nitrogens is 1. The first-order chi connectivity index (χ1) is 13.1. The van der Waals surface area contributed by atoms with E-state index in [9.17, 15) is 4.79 Å². The number of hydrogen-bond donors (Lipinski definition) is 2. The third-order valence-corrected chi connectivity index (χ3v) is 4.27. The van der Waals surface area contributed by atoms with Gasteiger partial charge in [0, 0.05) is 36.0 Å². The van der Waals surface area contributed by atoms with Crippen LogP contribution < -0.4 is 10.1 Å². The van der Waals surface area contributed by atoms with Crippen molar-refractivity contribution in [2.24, 2.45) is 0 Å². The topological polar surface area (TPSA) is 79.5 Å². The van der Waals surface area contributed by atoms with Crippen LogP contribution in [0.2, 0.25) is 0 Å². The van der Waals surface area contributed by atoms with Gasteiger partial charge in [0.1, 0.15) is 5.75 Å². The molecule has 3 rings (SSSR count). The van der Waals surface area contributed by atoms with Crippen molar-refractivity contribution in [1.29, 1.82) is 0 Å². The molecule has 7 nitrogen and oxygen atoms in total. The molecule has 2 aromatic carbocycles. The minimum absolute atomic E-state index is 0.194. The summed E-state index contributed by atoms with van der Waals surface area (Å²) in [4.78, 5) is 17.0. The number of benzene rings is 2. The summed E-state index contributed by atoms with van der Waals surface area (Å²) in [6.45, 7) is 0.600. The molecule has 0 saturated carbocycles. The number of aromatic amines is 1. The number of amides is 1. The van der Waals surface area contributed by atoms with Gasteiger partial charge in [-0.25, -0.2) is 5.06 Å². The Balaban J connectivity index is 1.67. The zero-order chi connectivity index (χ0) is 19.2. The van der Waals surface area contributed by atoms with E-state index >= 15 is 0 Å². The average molecular weight is 366 g/mol. The van der Waals surface area contributed by atoms with Crippen molar-refractivity contribution in [1.82, 2.24) is 15.3 Å². The molecule has 140 valence electrons. The van der Waals surface area contributed by atoms with E-state index in [-0.39, 0.29) is 5.91 Å². The molecule has 1 amide bonds. The summed E-state index contributed by atoms with van der Waals surface area (Å²) in [6.07, 6.45) is 1.80. The van der Waals surface area contributed by atoms with E-state index in [1.807, 2.05) is 36.4 Å². The molecule has 7 heteroatoms. The zero-order valence-corrected chi connectivity index (χ0v) is 15.5. The number of aromatic nitrogens is 2. The number of hydrogen-bond acceptors (Lipinski definition) is 5. The minimum Gasteiger partial charge on any atom is -0.497 e. The number of rotatable bonds is 7. The van der Waals surface area contributed by atoms with Crippen LogP contribution in [0.4, 0.5) is 5.69 Å². The number of methoxy groups -OCH3 is 1. The summed E-state index contributed by atoms with van der Waals surface area (Å²) in [5.41, 5.74) is 4.51. The van der Waals surface area contributed by atoms with Crippen LogP contribution in [0.1, 0.15) is 15.9 Å². The number of carbonyl (C=O) groups excluding carboxylic acids is 1. The Morgan fingerprint density at radius 1 is 1.11 bits per heavy atom. The molecule has 0 unspecified atom stereocenters. The fraction of sp³-hybridized carbons (Fsp3) is 0.200. The molecule has 2 N–H and O–H groups in total. The predicted octanol–water partition coefficient (Wildman–Crippen LogP) is 3.33. The third-order valence-electron chi connectivity index (χ3n) is 4.27. The highest BCUT2D eigenvalue weighted by Crippen LogP contribution is 2.24. The van der Waals surface area contributed by atoms with E-state index in [0.717, 1.165) is 28.3 Å². The van der Waals surface area contributed by atoms with Gasteiger partial charge in [0.25, 0.3) is 5.91 Å². The number of nitrogens with one attached hydrogen (secondary N) is 2. The van der Waals surface area contributed by atoms with Crippen LogP contribution in [0.25, 0.3) is 11.3 Å². The van der Waals surface area contributed by atoms with Gasteiger partial charge < -0.3 is 10.1 Å². The molecule has 0 saturated heterocycles. The number of nitrogens with zero attached hydrogens (tertiary/aromatic N) is 2. The van der Waals surface area contributed by atoms with Crippen LogP contribution >= 0.6 is 0 Å². The van der Waals surface area contributed by atoms with Crippen molar-refractivity contribution in [3.8, 4) is 17.0 Å². The van der Waals surface area contributed by atoms with Crippen LogP contribution in [0, 0.1) is 0 Å². The molecule has 1 heterocycles. The van der Waals surface area contributed by atoms with E-state index in [0.29, 0.717) is 12.1 Å². The number of ether oxygens (including phenoxy) is 1. The SMILES string of the molecule is COc1ccc(-c2[nH]ncc2CNc2ccc(C(=O)N(C)OC)cc2)cc1. The molecule has 0 spiro atoms. The molecule has 0 radical (unpaired) electrons. The molecule has 3 aromatic rings. The lowest BCUT2D eigenvalue weighted by atomic mass is 10.1. The van der Waals surface area contributed by atoms with Crippen molar-refractivity contribution in [3.05, 3.63) is 65.9 Å². The minimum atomic E-state index is -0.194. The second kappa shape index (κ2) is 8.37. The standard InChI is InChI=1S/C20H22N4O3/c1-24(27-3)20(25)15-4-8-17(9-5-15)21-12-16-13-22-23-19(16)14-6-10-18(26-2)11-7-14/h4-11,13,21H,12H2,1-3H3,(H,22,23). The second-order valence-corrected chi connectivity index (χ2v) is 5.91. The Kier molecular flexibility index (Phi) is 5.73. The second-order valence-electron chi connectivity index (χ2n) is 5.91. The summed E-state index contributed by atoms with van der Waals surface area (Å²) >= 11 is 0. The number of carbonyl (C=O) groups is 1. The van der Waals surface area contributed by atoms with Crippen molar-refractivity contribution in [3.63, 3.8) is 0 Å². The largest absolute Gasteiger partial charge is 0.497 e. The maximum Gasteiger partial charge on any atom is 0.277 e. The molecule has 1 aromatic heterocycles. The predicted molar refractivity (Wildman–Crippen MR) is 103 cm³/mol. The molecule has 0 aliphatic heterocycles. The van der Waals surface area contributed by atoms with Crippen molar-refractivity contribution >= 4 is 11.6 Å². The van der Waals surface area contributed by atoms with Crippen LogP contribution in [-0.4, -0.2) is 42.4 Å². The molecular formula is C20H22N4O3.